The molecule has 0 aromatic rings. The predicted octanol–water partition coefficient (Wildman–Crippen LogP) is 2.91. The molecule has 98 valence electrons. The van der Waals surface area contributed by atoms with Gasteiger partial charge in [0.05, 0.1) is 6.61 Å². The van der Waals surface area contributed by atoms with Gasteiger partial charge in [0, 0.05) is 5.54 Å². The van der Waals surface area contributed by atoms with Crippen molar-refractivity contribution in [2.45, 2.75) is 52.0 Å². The molecule has 16 heavy (non-hydrogen) atoms. The molecule has 0 amide bonds. The number of hydrogen-bond donors (Lipinski definition) is 2. The Morgan fingerprint density at radius 2 is 2.06 bits per heavy atom. The monoisotopic (exact) mass is 247 g/mol. The Balaban J connectivity index is 3.39. The molecule has 3 heteroatoms. The summed E-state index contributed by atoms with van der Waals surface area (Å²) < 4.78 is 0. The van der Waals surface area contributed by atoms with Crippen molar-refractivity contribution in [1.29, 1.82) is 0 Å². The second-order valence-corrected chi connectivity index (χ2v) is 6.16. The molecule has 0 spiro atoms. The summed E-state index contributed by atoms with van der Waals surface area (Å²) >= 11 is 2.07. The van der Waals surface area contributed by atoms with E-state index < -0.39 is 0 Å². The third-order valence-corrected chi connectivity index (χ3v) is 4.70. The number of aliphatic hydroxyl groups excluding tert-OH is 1. The first-order chi connectivity index (χ1) is 7.58. The van der Waals surface area contributed by atoms with Crippen LogP contribution >= 0.6 is 11.8 Å². The minimum atomic E-state index is -0.0820. The highest BCUT2D eigenvalue weighted by Crippen LogP contribution is 2.16. The lowest BCUT2D eigenvalue weighted by Crippen LogP contribution is -2.43. The van der Waals surface area contributed by atoms with Crippen LogP contribution in [0, 0.1) is 5.92 Å². The third-order valence-electron chi connectivity index (χ3n) is 3.32. The van der Waals surface area contributed by atoms with Crippen molar-refractivity contribution in [2.75, 3.05) is 25.2 Å². The van der Waals surface area contributed by atoms with Gasteiger partial charge in [-0.2, -0.15) is 11.8 Å². The van der Waals surface area contributed by atoms with E-state index >= 15 is 0 Å². The number of aliphatic hydroxyl groups is 1. The van der Waals surface area contributed by atoms with Gasteiger partial charge >= 0.3 is 0 Å². The maximum Gasteiger partial charge on any atom is 0.0610 e. The van der Waals surface area contributed by atoms with E-state index in [0.717, 1.165) is 12.3 Å². The van der Waals surface area contributed by atoms with Gasteiger partial charge in [0.2, 0.25) is 0 Å². The molecular weight excluding hydrogens is 218 g/mol. The molecule has 0 fully saturated rings. The van der Waals surface area contributed by atoms with Crippen LogP contribution in [-0.4, -0.2) is 35.8 Å². The van der Waals surface area contributed by atoms with Gasteiger partial charge in [-0.05, 0) is 44.2 Å². The summed E-state index contributed by atoms with van der Waals surface area (Å²) in [6.07, 6.45) is 4.81. The molecule has 0 aliphatic rings. The zero-order valence-corrected chi connectivity index (χ0v) is 12.2. The number of thioether (sulfide) groups is 1. The summed E-state index contributed by atoms with van der Waals surface area (Å²) in [5.41, 5.74) is -0.0820. The number of hydrogen-bond acceptors (Lipinski definition) is 3. The largest absolute Gasteiger partial charge is 0.394 e. The van der Waals surface area contributed by atoms with Gasteiger partial charge in [-0.1, -0.05) is 26.7 Å². The number of unbranched alkanes of at least 4 members (excludes halogenated alkanes) is 1. The molecule has 0 aromatic carbocycles. The topological polar surface area (TPSA) is 32.3 Å². The second-order valence-electron chi connectivity index (χ2n) is 5.01. The number of rotatable bonds is 10. The standard InChI is InChI=1S/C13H29NOS/c1-5-12(2)10-16-9-7-6-8-13(3,11-15)14-4/h12,14-15H,5-11H2,1-4H3. The zero-order valence-electron chi connectivity index (χ0n) is 11.4. The van der Waals surface area contributed by atoms with E-state index in [2.05, 4.69) is 37.8 Å². The normalized spacial score (nSPS) is 17.1. The fourth-order valence-corrected chi connectivity index (χ4v) is 2.62. The van der Waals surface area contributed by atoms with Crippen LogP contribution < -0.4 is 5.32 Å². The molecule has 0 aliphatic carbocycles. The molecule has 0 heterocycles. The fraction of sp³-hybridized carbons (Fsp3) is 1.00. The van der Waals surface area contributed by atoms with Gasteiger partial charge in [-0.25, -0.2) is 0 Å². The van der Waals surface area contributed by atoms with Gasteiger partial charge in [0.1, 0.15) is 0 Å². The molecule has 0 radical (unpaired) electrons. The van der Waals surface area contributed by atoms with Crippen LogP contribution in [0.25, 0.3) is 0 Å². The summed E-state index contributed by atoms with van der Waals surface area (Å²) in [5.74, 6) is 3.40. The molecule has 0 aliphatic heterocycles. The lowest BCUT2D eigenvalue weighted by Gasteiger charge is -2.26. The van der Waals surface area contributed by atoms with Gasteiger partial charge in [-0.3, -0.25) is 0 Å². The summed E-state index contributed by atoms with van der Waals surface area (Å²) in [4.78, 5) is 0. The fourth-order valence-electron chi connectivity index (χ4n) is 1.40. The summed E-state index contributed by atoms with van der Waals surface area (Å²) in [6, 6.07) is 0. The van der Waals surface area contributed by atoms with Crippen LogP contribution in [0.2, 0.25) is 0 Å². The first kappa shape index (κ1) is 16.3. The lowest BCUT2D eigenvalue weighted by molar-refractivity contribution is 0.171. The highest BCUT2D eigenvalue weighted by Gasteiger charge is 2.19. The van der Waals surface area contributed by atoms with Gasteiger partial charge < -0.3 is 10.4 Å². The molecule has 2 atom stereocenters. The Hall–Kier alpha value is 0.270. The van der Waals surface area contributed by atoms with E-state index in [1.807, 2.05) is 7.05 Å². The minimum Gasteiger partial charge on any atom is -0.394 e. The molecule has 2 N–H and O–H groups in total. The van der Waals surface area contributed by atoms with Crippen molar-refractivity contribution < 1.29 is 5.11 Å². The molecule has 0 bridgehead atoms. The summed E-state index contributed by atoms with van der Waals surface area (Å²) in [5, 5.41) is 12.4. The first-order valence-electron chi connectivity index (χ1n) is 6.45. The average Bonchev–Trinajstić information content (AvgIpc) is 2.32. The van der Waals surface area contributed by atoms with Crippen LogP contribution in [0.3, 0.4) is 0 Å². The Morgan fingerprint density at radius 1 is 1.38 bits per heavy atom. The van der Waals surface area contributed by atoms with Crippen molar-refractivity contribution in [3.63, 3.8) is 0 Å². The van der Waals surface area contributed by atoms with Crippen molar-refractivity contribution >= 4 is 11.8 Å². The van der Waals surface area contributed by atoms with E-state index in [-0.39, 0.29) is 12.1 Å². The highest BCUT2D eigenvalue weighted by atomic mass is 32.2. The molecule has 0 saturated heterocycles. The quantitative estimate of drug-likeness (QED) is 0.582. The minimum absolute atomic E-state index is 0.0820. The van der Waals surface area contributed by atoms with E-state index in [1.165, 1.54) is 30.8 Å². The molecule has 2 nitrogen and oxygen atoms in total. The molecule has 0 aromatic heterocycles. The van der Waals surface area contributed by atoms with Crippen molar-refractivity contribution in [3.8, 4) is 0 Å². The van der Waals surface area contributed by atoms with Crippen LogP contribution in [-0.2, 0) is 0 Å². The number of nitrogens with one attached hydrogen (secondary N) is 1. The Kier molecular flexibility index (Phi) is 9.47. The zero-order chi connectivity index (χ0) is 12.4. The first-order valence-corrected chi connectivity index (χ1v) is 7.61. The smallest absolute Gasteiger partial charge is 0.0610 e. The Bertz CT molecular complexity index is 160. The maximum atomic E-state index is 9.22. The number of likely N-dealkylation sites (N-methyl/N-ethyl adjacent to an activating group) is 1. The molecular formula is C13H29NOS. The van der Waals surface area contributed by atoms with E-state index in [0.29, 0.717) is 0 Å². The summed E-state index contributed by atoms with van der Waals surface area (Å²) in [6.45, 7) is 6.88. The third kappa shape index (κ3) is 7.53. The van der Waals surface area contributed by atoms with Crippen LogP contribution in [0.4, 0.5) is 0 Å². The van der Waals surface area contributed by atoms with Gasteiger partial charge in [0.25, 0.3) is 0 Å². The van der Waals surface area contributed by atoms with Crippen molar-refractivity contribution in [1.82, 2.24) is 5.32 Å². The molecule has 0 rings (SSSR count). The highest BCUT2D eigenvalue weighted by molar-refractivity contribution is 7.99. The maximum absolute atomic E-state index is 9.22. The molecule has 2 unspecified atom stereocenters. The van der Waals surface area contributed by atoms with Crippen molar-refractivity contribution in [3.05, 3.63) is 0 Å². The lowest BCUT2D eigenvalue weighted by atomic mass is 9.96. The average molecular weight is 247 g/mol. The van der Waals surface area contributed by atoms with E-state index in [9.17, 15) is 5.11 Å². The van der Waals surface area contributed by atoms with Crippen LogP contribution in [0.5, 0.6) is 0 Å². The second kappa shape index (κ2) is 9.32. The SMILES string of the molecule is CCC(C)CSCCCCC(C)(CO)NC. The van der Waals surface area contributed by atoms with E-state index in [4.69, 9.17) is 0 Å². The van der Waals surface area contributed by atoms with Crippen molar-refractivity contribution in [2.24, 2.45) is 5.92 Å². The summed E-state index contributed by atoms with van der Waals surface area (Å²) in [7, 11) is 1.92. The molecule has 0 saturated carbocycles. The van der Waals surface area contributed by atoms with Crippen LogP contribution in [0.1, 0.15) is 46.5 Å². The Morgan fingerprint density at radius 3 is 2.56 bits per heavy atom. The Labute approximate surface area is 106 Å². The van der Waals surface area contributed by atoms with Gasteiger partial charge in [0.15, 0.2) is 0 Å². The van der Waals surface area contributed by atoms with E-state index in [1.54, 1.807) is 0 Å². The van der Waals surface area contributed by atoms with Gasteiger partial charge in [-0.15, -0.1) is 0 Å². The predicted molar refractivity (Wildman–Crippen MR) is 75.2 cm³/mol. The van der Waals surface area contributed by atoms with Crippen LogP contribution in [0.15, 0.2) is 0 Å².